The minimum absolute atomic E-state index is 0.539. The molecule has 0 radical (unpaired) electrons. The number of hydrogen-bond acceptors (Lipinski definition) is 2. The summed E-state index contributed by atoms with van der Waals surface area (Å²) in [5.41, 5.74) is 2.26. The van der Waals surface area contributed by atoms with Crippen LogP contribution in [0.5, 0.6) is 0 Å². The van der Waals surface area contributed by atoms with Crippen molar-refractivity contribution in [3.8, 4) is 0 Å². The summed E-state index contributed by atoms with van der Waals surface area (Å²) < 4.78 is 3.19. The second-order valence-corrected chi connectivity index (χ2v) is 6.34. The molecule has 3 nitrogen and oxygen atoms in total. The largest absolute Gasteiger partial charge is 0.329 e. The fourth-order valence-corrected chi connectivity index (χ4v) is 3.89. The molecule has 1 fully saturated rings. The van der Waals surface area contributed by atoms with Crippen LogP contribution in [-0.4, -0.2) is 14.5 Å². The van der Waals surface area contributed by atoms with E-state index in [1.165, 1.54) is 31.2 Å². The minimum atomic E-state index is 0.539. The van der Waals surface area contributed by atoms with Gasteiger partial charge in [0, 0.05) is 12.2 Å². The number of hydrogen-bond donors (Lipinski definition) is 1. The third kappa shape index (κ3) is 2.22. The molecule has 1 aliphatic rings. The lowest BCUT2D eigenvalue weighted by Gasteiger charge is -2.35. The zero-order chi connectivity index (χ0) is 13.4. The molecule has 4 heteroatoms. The van der Waals surface area contributed by atoms with Gasteiger partial charge < -0.3 is 9.55 Å². The van der Waals surface area contributed by atoms with Crippen LogP contribution in [0, 0.1) is 16.6 Å². The highest BCUT2D eigenvalue weighted by Crippen LogP contribution is 2.39. The normalized spacial score (nSPS) is 24.2. The van der Waals surface area contributed by atoms with Crippen molar-refractivity contribution < 1.29 is 0 Å². The minimum Gasteiger partial charge on any atom is -0.329 e. The van der Waals surface area contributed by atoms with Gasteiger partial charge in [-0.1, -0.05) is 26.7 Å². The number of H-pyrrole nitrogens is 1. The van der Waals surface area contributed by atoms with E-state index in [4.69, 9.17) is 12.2 Å². The molecule has 1 saturated carbocycles. The number of pyridine rings is 1. The van der Waals surface area contributed by atoms with Crippen LogP contribution in [0.15, 0.2) is 18.5 Å². The average Bonchev–Trinajstić information content (AvgIpc) is 2.74. The molecule has 3 rings (SSSR count). The fraction of sp³-hybridized carbons (Fsp3) is 0.600. The number of nitrogens with one attached hydrogen (secondary N) is 1. The van der Waals surface area contributed by atoms with E-state index in [-0.39, 0.29) is 0 Å². The maximum atomic E-state index is 5.55. The topological polar surface area (TPSA) is 33.6 Å². The Balaban J connectivity index is 2.12. The van der Waals surface area contributed by atoms with Gasteiger partial charge in [0.2, 0.25) is 0 Å². The van der Waals surface area contributed by atoms with Gasteiger partial charge in [-0.2, -0.15) is 0 Å². The second-order valence-electron chi connectivity index (χ2n) is 5.95. The Morgan fingerprint density at radius 1 is 1.37 bits per heavy atom. The first-order valence-electron chi connectivity index (χ1n) is 7.22. The standard InChI is InChI=1S/C15H21N3S/c1-10(2)11-5-3-4-6-13(11)18-14-7-8-16-9-12(14)17-15(18)19/h7-11,13H,3-6H2,1-2H3,(H,17,19). The van der Waals surface area contributed by atoms with Crippen LogP contribution in [0.2, 0.25) is 0 Å². The number of nitrogens with zero attached hydrogens (tertiary/aromatic N) is 2. The molecule has 1 N–H and O–H groups in total. The highest BCUT2D eigenvalue weighted by atomic mass is 32.1. The first-order chi connectivity index (χ1) is 9.18. The molecular weight excluding hydrogens is 254 g/mol. The maximum Gasteiger partial charge on any atom is 0.178 e. The number of aromatic nitrogens is 3. The number of fused-ring (bicyclic) bond motifs is 1. The van der Waals surface area contributed by atoms with Crippen molar-refractivity contribution in [3.63, 3.8) is 0 Å². The Kier molecular flexibility index (Phi) is 3.44. The van der Waals surface area contributed by atoms with Crippen LogP contribution in [0.1, 0.15) is 45.6 Å². The predicted octanol–water partition coefficient (Wildman–Crippen LogP) is 4.48. The molecule has 0 aliphatic heterocycles. The van der Waals surface area contributed by atoms with Crippen LogP contribution in [0.25, 0.3) is 11.0 Å². The zero-order valence-electron chi connectivity index (χ0n) is 11.6. The Bertz CT molecular complexity index is 626. The van der Waals surface area contributed by atoms with E-state index < -0.39 is 0 Å². The molecule has 0 amide bonds. The molecule has 102 valence electrons. The summed E-state index contributed by atoms with van der Waals surface area (Å²) in [6.45, 7) is 4.67. The van der Waals surface area contributed by atoms with Crippen LogP contribution in [-0.2, 0) is 0 Å². The van der Waals surface area contributed by atoms with Crippen molar-refractivity contribution in [2.75, 3.05) is 0 Å². The predicted molar refractivity (Wildman–Crippen MR) is 80.8 cm³/mol. The van der Waals surface area contributed by atoms with Gasteiger partial charge in [-0.25, -0.2) is 0 Å². The van der Waals surface area contributed by atoms with E-state index in [9.17, 15) is 0 Å². The number of rotatable bonds is 2. The lowest BCUT2D eigenvalue weighted by Crippen LogP contribution is -2.27. The van der Waals surface area contributed by atoms with Gasteiger partial charge in [0.15, 0.2) is 4.77 Å². The average molecular weight is 275 g/mol. The third-order valence-corrected chi connectivity index (χ3v) is 4.79. The molecule has 2 atom stereocenters. The molecule has 19 heavy (non-hydrogen) atoms. The lowest BCUT2D eigenvalue weighted by atomic mass is 9.77. The summed E-state index contributed by atoms with van der Waals surface area (Å²) in [5, 5.41) is 0. The zero-order valence-corrected chi connectivity index (χ0v) is 12.4. The second kappa shape index (κ2) is 5.08. The lowest BCUT2D eigenvalue weighted by molar-refractivity contribution is 0.186. The smallest absolute Gasteiger partial charge is 0.178 e. The maximum absolute atomic E-state index is 5.55. The number of imidazole rings is 1. The van der Waals surface area contributed by atoms with Crippen molar-refractivity contribution in [1.82, 2.24) is 14.5 Å². The van der Waals surface area contributed by atoms with Crippen LogP contribution in [0.3, 0.4) is 0 Å². The van der Waals surface area contributed by atoms with Crippen molar-refractivity contribution in [2.24, 2.45) is 11.8 Å². The Morgan fingerprint density at radius 2 is 2.16 bits per heavy atom. The van der Waals surface area contributed by atoms with Crippen molar-refractivity contribution in [3.05, 3.63) is 23.2 Å². The molecule has 2 aromatic rings. The molecule has 1 aliphatic carbocycles. The Hall–Kier alpha value is -1.16. The monoisotopic (exact) mass is 275 g/mol. The molecule has 0 spiro atoms. The van der Waals surface area contributed by atoms with E-state index in [0.717, 1.165) is 16.2 Å². The van der Waals surface area contributed by atoms with Crippen LogP contribution < -0.4 is 0 Å². The van der Waals surface area contributed by atoms with E-state index in [2.05, 4.69) is 34.4 Å². The highest BCUT2D eigenvalue weighted by molar-refractivity contribution is 7.71. The first kappa shape index (κ1) is 12.9. The summed E-state index contributed by atoms with van der Waals surface area (Å²) in [7, 11) is 0. The van der Waals surface area contributed by atoms with E-state index in [0.29, 0.717) is 12.0 Å². The highest BCUT2D eigenvalue weighted by Gasteiger charge is 2.30. The van der Waals surface area contributed by atoms with Crippen LogP contribution >= 0.6 is 12.2 Å². The van der Waals surface area contributed by atoms with Crippen LogP contribution in [0.4, 0.5) is 0 Å². The molecule has 0 bridgehead atoms. The van der Waals surface area contributed by atoms with E-state index >= 15 is 0 Å². The van der Waals surface area contributed by atoms with Crippen molar-refractivity contribution in [2.45, 2.75) is 45.6 Å². The summed E-state index contributed by atoms with van der Waals surface area (Å²) in [4.78, 5) is 7.47. The number of aromatic amines is 1. The van der Waals surface area contributed by atoms with E-state index in [1.807, 2.05) is 12.4 Å². The summed E-state index contributed by atoms with van der Waals surface area (Å²) in [6.07, 6.45) is 8.96. The van der Waals surface area contributed by atoms with E-state index in [1.54, 1.807) is 0 Å². The first-order valence-corrected chi connectivity index (χ1v) is 7.63. The quantitative estimate of drug-likeness (QED) is 0.820. The molecule has 0 aromatic carbocycles. The van der Waals surface area contributed by atoms with Gasteiger partial charge in [-0.15, -0.1) is 0 Å². The molecule has 0 saturated heterocycles. The summed E-state index contributed by atoms with van der Waals surface area (Å²) in [6, 6.07) is 2.62. The molecule has 2 unspecified atom stereocenters. The molecule has 2 aromatic heterocycles. The Morgan fingerprint density at radius 3 is 2.95 bits per heavy atom. The Labute approximate surface area is 119 Å². The third-order valence-electron chi connectivity index (χ3n) is 4.49. The van der Waals surface area contributed by atoms with Gasteiger partial charge in [0.05, 0.1) is 17.2 Å². The van der Waals surface area contributed by atoms with Gasteiger partial charge in [0.1, 0.15) is 0 Å². The van der Waals surface area contributed by atoms with Gasteiger partial charge in [-0.3, -0.25) is 4.98 Å². The summed E-state index contributed by atoms with van der Waals surface area (Å²) in [5.74, 6) is 1.44. The van der Waals surface area contributed by atoms with Crippen molar-refractivity contribution >= 4 is 23.3 Å². The van der Waals surface area contributed by atoms with Crippen molar-refractivity contribution in [1.29, 1.82) is 0 Å². The molecule has 2 heterocycles. The SMILES string of the molecule is CC(C)C1CCCCC1n1c(=S)[nH]c2cnccc21. The van der Waals surface area contributed by atoms with Gasteiger partial charge >= 0.3 is 0 Å². The van der Waals surface area contributed by atoms with Gasteiger partial charge in [-0.05, 0) is 43.0 Å². The fourth-order valence-electron chi connectivity index (χ4n) is 3.55. The summed E-state index contributed by atoms with van der Waals surface area (Å²) >= 11 is 5.55. The van der Waals surface area contributed by atoms with Gasteiger partial charge in [0.25, 0.3) is 0 Å². The molecular formula is C15H21N3S.